The summed E-state index contributed by atoms with van der Waals surface area (Å²) < 4.78 is 11.9. The number of morpholine rings is 1. The maximum absolute atomic E-state index is 13.0. The summed E-state index contributed by atoms with van der Waals surface area (Å²) in [5, 5.41) is 2.82. The van der Waals surface area contributed by atoms with Crippen molar-refractivity contribution in [1.82, 2.24) is 25.2 Å². The summed E-state index contributed by atoms with van der Waals surface area (Å²) in [6, 6.07) is 4.97. The predicted molar refractivity (Wildman–Crippen MR) is 122 cm³/mol. The maximum atomic E-state index is 13.0. The Morgan fingerprint density at radius 3 is 2.70 bits per heavy atom. The number of carbonyl (C=O) groups is 2. The van der Waals surface area contributed by atoms with Gasteiger partial charge in [-0.1, -0.05) is 11.6 Å². The van der Waals surface area contributed by atoms with Gasteiger partial charge >= 0.3 is 6.09 Å². The Hall–Kier alpha value is -2.78. The lowest BCUT2D eigenvalue weighted by atomic mass is 9.87. The first-order valence-corrected chi connectivity index (χ1v) is 11.4. The van der Waals surface area contributed by atoms with Crippen LogP contribution in [-0.2, 0) is 9.47 Å². The standard InChI is InChI=1S/C23H28ClN5O4/c1-23(2,3)33-22(31)29-14-6-5-7-18(29)20(32-11-14)13-8-16(28-19(24)9-13)15-10-17(21(30)25-4)27-12-26-15/h8-10,12,14,18,20H,5-7,11H2,1-4H3,(H,25,30)/t14-,18+,20+/m0/s1. The van der Waals surface area contributed by atoms with E-state index in [0.29, 0.717) is 18.0 Å². The van der Waals surface area contributed by atoms with E-state index in [0.717, 1.165) is 24.8 Å². The van der Waals surface area contributed by atoms with Crippen molar-refractivity contribution in [1.29, 1.82) is 0 Å². The molecule has 2 fully saturated rings. The number of nitrogens with zero attached hydrogens (tertiary/aromatic N) is 4. The van der Waals surface area contributed by atoms with Gasteiger partial charge in [0.25, 0.3) is 5.91 Å². The summed E-state index contributed by atoms with van der Waals surface area (Å²) >= 11 is 6.37. The van der Waals surface area contributed by atoms with Crippen molar-refractivity contribution in [2.75, 3.05) is 13.7 Å². The first kappa shape index (κ1) is 23.4. The molecule has 4 rings (SSSR count). The number of carbonyl (C=O) groups excluding carboxylic acids is 2. The Labute approximate surface area is 197 Å². The van der Waals surface area contributed by atoms with Crippen LogP contribution < -0.4 is 5.32 Å². The minimum Gasteiger partial charge on any atom is -0.444 e. The summed E-state index contributed by atoms with van der Waals surface area (Å²) in [5.41, 5.74) is 1.40. The molecule has 1 N–H and O–H groups in total. The van der Waals surface area contributed by atoms with Crippen molar-refractivity contribution in [3.8, 4) is 11.4 Å². The number of hydrogen-bond donors (Lipinski definition) is 1. The fraction of sp³-hybridized carbons (Fsp3) is 0.522. The van der Waals surface area contributed by atoms with Gasteiger partial charge in [-0.05, 0) is 63.8 Å². The van der Waals surface area contributed by atoms with E-state index >= 15 is 0 Å². The molecule has 2 saturated heterocycles. The van der Waals surface area contributed by atoms with Crippen molar-refractivity contribution < 1.29 is 19.1 Å². The fourth-order valence-electron chi connectivity index (χ4n) is 4.38. The van der Waals surface area contributed by atoms with Crippen LogP contribution in [0.2, 0.25) is 5.15 Å². The normalized spacial score (nSPS) is 22.6. The van der Waals surface area contributed by atoms with Gasteiger partial charge in [-0.15, -0.1) is 0 Å². The Bertz CT molecular complexity index is 1060. The number of pyridine rings is 1. The fourth-order valence-corrected chi connectivity index (χ4v) is 4.59. The third-order valence-corrected chi connectivity index (χ3v) is 5.94. The van der Waals surface area contributed by atoms with Crippen molar-refractivity contribution in [3.63, 3.8) is 0 Å². The van der Waals surface area contributed by atoms with Crippen LogP contribution in [0.25, 0.3) is 11.4 Å². The van der Waals surface area contributed by atoms with Gasteiger partial charge in [-0.2, -0.15) is 0 Å². The van der Waals surface area contributed by atoms with Gasteiger partial charge < -0.3 is 14.8 Å². The lowest BCUT2D eigenvalue weighted by molar-refractivity contribution is -0.123. The second kappa shape index (κ2) is 9.23. The van der Waals surface area contributed by atoms with Crippen LogP contribution in [-0.4, -0.2) is 63.2 Å². The van der Waals surface area contributed by atoms with E-state index < -0.39 is 5.60 Å². The largest absolute Gasteiger partial charge is 0.444 e. The molecule has 2 aliphatic rings. The number of ether oxygens (including phenoxy) is 2. The molecule has 2 amide bonds. The molecular formula is C23H28ClN5O4. The lowest BCUT2D eigenvalue weighted by Crippen LogP contribution is -2.59. The molecule has 0 unspecified atom stereocenters. The summed E-state index contributed by atoms with van der Waals surface area (Å²) in [4.78, 5) is 39.5. The van der Waals surface area contributed by atoms with Gasteiger partial charge in [0.05, 0.1) is 30.1 Å². The molecule has 4 heterocycles. The lowest BCUT2D eigenvalue weighted by Gasteiger charge is -2.49. The van der Waals surface area contributed by atoms with E-state index in [4.69, 9.17) is 21.1 Å². The average Bonchev–Trinajstić information content (AvgIpc) is 2.76. The third-order valence-electron chi connectivity index (χ3n) is 5.74. The SMILES string of the molecule is CNC(=O)c1cc(-c2cc([C@H]3OC[C@@H]4CCC[C@H]3N4C(=O)OC(C)(C)C)cc(Cl)n2)ncn1. The smallest absolute Gasteiger partial charge is 0.410 e. The highest BCUT2D eigenvalue weighted by molar-refractivity contribution is 6.29. The van der Waals surface area contributed by atoms with Crippen LogP contribution in [0.1, 0.15) is 62.2 Å². The predicted octanol–water partition coefficient (Wildman–Crippen LogP) is 3.78. The number of rotatable bonds is 3. The molecule has 0 spiro atoms. The molecule has 3 atom stereocenters. The van der Waals surface area contributed by atoms with E-state index in [1.165, 1.54) is 13.4 Å². The van der Waals surface area contributed by atoms with E-state index in [-0.39, 0.29) is 41.0 Å². The van der Waals surface area contributed by atoms with E-state index in [1.54, 1.807) is 12.1 Å². The van der Waals surface area contributed by atoms with Gasteiger partial charge in [-0.25, -0.2) is 19.7 Å². The van der Waals surface area contributed by atoms with Crippen LogP contribution in [0.5, 0.6) is 0 Å². The van der Waals surface area contributed by atoms with Crippen molar-refractivity contribution in [2.24, 2.45) is 0 Å². The van der Waals surface area contributed by atoms with Gasteiger partial charge in [0.1, 0.15) is 28.9 Å². The zero-order valence-electron chi connectivity index (χ0n) is 19.2. The topological polar surface area (TPSA) is 107 Å². The van der Waals surface area contributed by atoms with Gasteiger partial charge in [0.15, 0.2) is 0 Å². The van der Waals surface area contributed by atoms with Gasteiger partial charge in [0, 0.05) is 7.05 Å². The maximum Gasteiger partial charge on any atom is 0.410 e. The number of piperidine rings is 1. The van der Waals surface area contributed by atoms with E-state index in [1.807, 2.05) is 31.7 Å². The van der Waals surface area contributed by atoms with Crippen LogP contribution in [0.4, 0.5) is 4.79 Å². The summed E-state index contributed by atoms with van der Waals surface area (Å²) in [6.07, 6.45) is 3.29. The highest BCUT2D eigenvalue weighted by Crippen LogP contribution is 2.40. The molecule has 2 aromatic rings. The Morgan fingerprint density at radius 2 is 1.97 bits per heavy atom. The minimum absolute atomic E-state index is 0.0105. The monoisotopic (exact) mass is 473 g/mol. The highest BCUT2D eigenvalue weighted by Gasteiger charge is 2.45. The second-order valence-corrected chi connectivity index (χ2v) is 9.66. The molecule has 0 aliphatic carbocycles. The molecule has 9 nitrogen and oxygen atoms in total. The molecule has 0 aromatic carbocycles. The molecule has 176 valence electrons. The Balaban J connectivity index is 1.67. The number of halogens is 1. The number of fused-ring (bicyclic) bond motifs is 2. The number of amides is 2. The summed E-state index contributed by atoms with van der Waals surface area (Å²) in [7, 11) is 1.54. The molecule has 33 heavy (non-hydrogen) atoms. The van der Waals surface area contributed by atoms with Crippen molar-refractivity contribution in [3.05, 3.63) is 40.9 Å². The number of aromatic nitrogens is 3. The number of nitrogens with one attached hydrogen (secondary N) is 1. The third kappa shape index (κ3) is 5.09. The highest BCUT2D eigenvalue weighted by atomic mass is 35.5. The number of hydrogen-bond acceptors (Lipinski definition) is 7. The zero-order valence-corrected chi connectivity index (χ0v) is 19.9. The quantitative estimate of drug-likeness (QED) is 0.676. The second-order valence-electron chi connectivity index (χ2n) is 9.27. The average molecular weight is 474 g/mol. The van der Waals surface area contributed by atoms with Gasteiger partial charge in [0.2, 0.25) is 0 Å². The van der Waals surface area contributed by atoms with E-state index in [9.17, 15) is 9.59 Å². The summed E-state index contributed by atoms with van der Waals surface area (Å²) in [5.74, 6) is -0.322. The van der Waals surface area contributed by atoms with Crippen LogP contribution in [0, 0.1) is 0 Å². The van der Waals surface area contributed by atoms with Crippen LogP contribution in [0.15, 0.2) is 24.5 Å². The molecule has 10 heteroatoms. The van der Waals surface area contributed by atoms with Crippen molar-refractivity contribution in [2.45, 2.75) is 63.8 Å². The first-order valence-electron chi connectivity index (χ1n) is 11.0. The Kier molecular flexibility index (Phi) is 6.54. The van der Waals surface area contributed by atoms with Gasteiger partial charge in [-0.3, -0.25) is 9.69 Å². The van der Waals surface area contributed by atoms with Crippen molar-refractivity contribution >= 4 is 23.6 Å². The molecule has 2 aromatic heterocycles. The van der Waals surface area contributed by atoms with Crippen LogP contribution in [0.3, 0.4) is 0 Å². The van der Waals surface area contributed by atoms with Crippen LogP contribution >= 0.6 is 11.6 Å². The zero-order chi connectivity index (χ0) is 23.8. The molecule has 2 aliphatic heterocycles. The summed E-state index contributed by atoms with van der Waals surface area (Å²) in [6.45, 7) is 6.01. The molecule has 2 bridgehead atoms. The molecule has 0 radical (unpaired) electrons. The molecule has 0 saturated carbocycles. The molecular weight excluding hydrogens is 446 g/mol. The Morgan fingerprint density at radius 1 is 1.18 bits per heavy atom. The first-order chi connectivity index (χ1) is 15.7. The minimum atomic E-state index is -0.582. The van der Waals surface area contributed by atoms with E-state index in [2.05, 4.69) is 20.3 Å².